The molecule has 1 aromatic rings. The van der Waals surface area contributed by atoms with Crippen LogP contribution in [0.4, 0.5) is 0 Å². The zero-order valence-corrected chi connectivity index (χ0v) is 12.9. The van der Waals surface area contributed by atoms with Crippen molar-refractivity contribution in [1.29, 1.82) is 0 Å². The van der Waals surface area contributed by atoms with Crippen LogP contribution in [-0.4, -0.2) is 34.4 Å². The zero-order chi connectivity index (χ0) is 14.8. The topological polar surface area (TPSA) is 78.9 Å². The molecule has 0 spiro atoms. The lowest BCUT2D eigenvalue weighted by Gasteiger charge is -2.22. The van der Waals surface area contributed by atoms with Gasteiger partial charge in [0.2, 0.25) is 0 Å². The SMILES string of the molecule is NC(=NO)C1CCCN1C(=O)c1cc2c(s1)CCCCC2. The molecule has 5 nitrogen and oxygen atoms in total. The molecule has 1 aliphatic carbocycles. The Hall–Kier alpha value is -1.56. The minimum atomic E-state index is -0.260. The van der Waals surface area contributed by atoms with E-state index < -0.39 is 0 Å². The number of aryl methyl sites for hydroxylation is 2. The fraction of sp³-hybridized carbons (Fsp3) is 0.600. The number of oxime groups is 1. The minimum absolute atomic E-state index is 0.0298. The van der Waals surface area contributed by atoms with Crippen molar-refractivity contribution < 1.29 is 10.0 Å². The van der Waals surface area contributed by atoms with Crippen molar-refractivity contribution >= 4 is 23.1 Å². The first-order valence-corrected chi connectivity index (χ1v) is 8.42. The molecule has 1 fully saturated rings. The summed E-state index contributed by atoms with van der Waals surface area (Å²) in [4.78, 5) is 16.7. The van der Waals surface area contributed by atoms with Crippen LogP contribution in [0.25, 0.3) is 0 Å². The van der Waals surface area contributed by atoms with Crippen molar-refractivity contribution in [3.8, 4) is 0 Å². The monoisotopic (exact) mass is 307 g/mol. The largest absolute Gasteiger partial charge is 0.409 e. The molecule has 2 aliphatic rings. The normalized spacial score (nSPS) is 23.0. The molecule has 0 saturated carbocycles. The van der Waals surface area contributed by atoms with Gasteiger partial charge in [0.25, 0.3) is 5.91 Å². The number of likely N-dealkylation sites (tertiary alicyclic amines) is 1. The lowest BCUT2D eigenvalue weighted by atomic mass is 10.1. The molecule has 0 radical (unpaired) electrons. The zero-order valence-electron chi connectivity index (χ0n) is 12.0. The van der Waals surface area contributed by atoms with Gasteiger partial charge in [-0.05, 0) is 50.2 Å². The predicted molar refractivity (Wildman–Crippen MR) is 83.0 cm³/mol. The van der Waals surface area contributed by atoms with E-state index >= 15 is 0 Å². The van der Waals surface area contributed by atoms with Crippen molar-refractivity contribution in [1.82, 2.24) is 4.90 Å². The van der Waals surface area contributed by atoms with Crippen LogP contribution in [0.15, 0.2) is 11.2 Å². The summed E-state index contributed by atoms with van der Waals surface area (Å²) < 4.78 is 0. The highest BCUT2D eigenvalue weighted by atomic mass is 32.1. The molecule has 1 aliphatic heterocycles. The standard InChI is InChI=1S/C15H21N3O2S/c16-14(17-20)11-6-4-8-18(11)15(19)13-9-10-5-2-1-3-7-12(10)21-13/h9,11,20H,1-8H2,(H2,16,17). The highest BCUT2D eigenvalue weighted by Crippen LogP contribution is 2.31. The molecule has 3 N–H and O–H groups in total. The molecule has 1 aromatic heterocycles. The van der Waals surface area contributed by atoms with Crippen molar-refractivity contribution in [3.63, 3.8) is 0 Å². The third kappa shape index (κ3) is 2.77. The summed E-state index contributed by atoms with van der Waals surface area (Å²) in [6.07, 6.45) is 7.57. The van der Waals surface area contributed by atoms with Gasteiger partial charge >= 0.3 is 0 Å². The van der Waals surface area contributed by atoms with Gasteiger partial charge in [0.05, 0.1) is 10.9 Å². The van der Waals surface area contributed by atoms with Crippen molar-refractivity contribution in [2.45, 2.75) is 51.0 Å². The van der Waals surface area contributed by atoms with Crippen molar-refractivity contribution in [2.75, 3.05) is 6.54 Å². The van der Waals surface area contributed by atoms with Gasteiger partial charge in [0.1, 0.15) is 0 Å². The molecule has 1 unspecified atom stereocenters. The molecule has 21 heavy (non-hydrogen) atoms. The summed E-state index contributed by atoms with van der Waals surface area (Å²) in [6, 6.07) is 1.80. The van der Waals surface area contributed by atoms with E-state index in [0.717, 1.165) is 30.6 Å². The Labute approximate surface area is 128 Å². The lowest BCUT2D eigenvalue weighted by molar-refractivity contribution is 0.0772. The average Bonchev–Trinajstić information content (AvgIpc) is 3.08. The second-order valence-corrected chi connectivity index (χ2v) is 6.94. The molecule has 1 saturated heterocycles. The number of thiophene rings is 1. The van der Waals surface area contributed by atoms with E-state index in [4.69, 9.17) is 10.9 Å². The van der Waals surface area contributed by atoms with Gasteiger partial charge in [-0.1, -0.05) is 11.6 Å². The van der Waals surface area contributed by atoms with Gasteiger partial charge in [-0.3, -0.25) is 4.79 Å². The Kier molecular flexibility index (Phi) is 4.14. The summed E-state index contributed by atoms with van der Waals surface area (Å²) >= 11 is 1.63. The number of rotatable bonds is 2. The van der Waals surface area contributed by atoms with Crippen LogP contribution in [0.3, 0.4) is 0 Å². The van der Waals surface area contributed by atoms with Crippen LogP contribution < -0.4 is 5.73 Å². The van der Waals surface area contributed by atoms with Crippen LogP contribution in [0.5, 0.6) is 0 Å². The van der Waals surface area contributed by atoms with E-state index in [0.29, 0.717) is 6.54 Å². The van der Waals surface area contributed by atoms with E-state index in [-0.39, 0.29) is 17.8 Å². The van der Waals surface area contributed by atoms with Gasteiger partial charge in [0.15, 0.2) is 5.84 Å². The molecule has 0 bridgehead atoms. The first-order valence-electron chi connectivity index (χ1n) is 7.60. The molecule has 0 aromatic carbocycles. The Morgan fingerprint density at radius 1 is 1.33 bits per heavy atom. The van der Waals surface area contributed by atoms with Gasteiger partial charge < -0.3 is 15.8 Å². The number of amides is 1. The molecule has 6 heteroatoms. The Bertz CT molecular complexity index is 544. The Balaban J connectivity index is 1.82. The smallest absolute Gasteiger partial charge is 0.264 e. The van der Waals surface area contributed by atoms with Crippen molar-refractivity contribution in [3.05, 3.63) is 21.4 Å². The Morgan fingerprint density at radius 2 is 2.14 bits per heavy atom. The number of carbonyl (C=O) groups excluding carboxylic acids is 1. The highest BCUT2D eigenvalue weighted by Gasteiger charge is 2.33. The summed E-state index contributed by atoms with van der Waals surface area (Å²) in [5.41, 5.74) is 7.06. The lowest BCUT2D eigenvalue weighted by Crippen LogP contribution is -2.43. The van der Waals surface area contributed by atoms with Gasteiger partial charge in [0, 0.05) is 11.4 Å². The van der Waals surface area contributed by atoms with Crippen LogP contribution in [0.1, 0.15) is 52.2 Å². The maximum absolute atomic E-state index is 12.7. The number of amidine groups is 1. The fourth-order valence-electron chi connectivity index (χ4n) is 3.30. The van der Waals surface area contributed by atoms with E-state index in [1.807, 2.05) is 0 Å². The number of hydrogen-bond donors (Lipinski definition) is 2. The van der Waals surface area contributed by atoms with E-state index in [1.165, 1.54) is 29.7 Å². The molecule has 1 atom stereocenters. The third-order valence-corrected chi connectivity index (χ3v) is 5.65. The number of nitrogens with zero attached hydrogens (tertiary/aromatic N) is 2. The summed E-state index contributed by atoms with van der Waals surface area (Å²) in [6.45, 7) is 0.683. The van der Waals surface area contributed by atoms with Crippen LogP contribution in [0, 0.1) is 0 Å². The second kappa shape index (κ2) is 6.05. The Morgan fingerprint density at radius 3 is 2.95 bits per heavy atom. The van der Waals surface area contributed by atoms with Gasteiger partial charge in [-0.2, -0.15) is 0 Å². The first-order chi connectivity index (χ1) is 10.2. The average molecular weight is 307 g/mol. The maximum Gasteiger partial charge on any atom is 0.264 e. The predicted octanol–water partition coefficient (Wildman–Crippen LogP) is 2.37. The van der Waals surface area contributed by atoms with Crippen LogP contribution in [-0.2, 0) is 12.8 Å². The number of hydrogen-bond acceptors (Lipinski definition) is 4. The van der Waals surface area contributed by atoms with Gasteiger partial charge in [-0.15, -0.1) is 11.3 Å². The van der Waals surface area contributed by atoms with Crippen LogP contribution in [0.2, 0.25) is 0 Å². The van der Waals surface area contributed by atoms with E-state index in [1.54, 1.807) is 16.2 Å². The highest BCUT2D eigenvalue weighted by molar-refractivity contribution is 7.14. The number of nitrogens with two attached hydrogens (primary N) is 1. The minimum Gasteiger partial charge on any atom is -0.409 e. The van der Waals surface area contributed by atoms with E-state index in [9.17, 15) is 4.79 Å². The van der Waals surface area contributed by atoms with Crippen LogP contribution >= 0.6 is 11.3 Å². The number of fused-ring (bicyclic) bond motifs is 1. The first kappa shape index (κ1) is 14.4. The molecular formula is C15H21N3O2S. The summed E-state index contributed by atoms with van der Waals surface area (Å²) in [7, 11) is 0. The molecule has 114 valence electrons. The third-order valence-electron chi connectivity index (χ3n) is 4.43. The second-order valence-electron chi connectivity index (χ2n) is 5.80. The molecule has 3 rings (SSSR count). The summed E-state index contributed by atoms with van der Waals surface area (Å²) in [5.74, 6) is 0.168. The maximum atomic E-state index is 12.7. The van der Waals surface area contributed by atoms with Crippen molar-refractivity contribution in [2.24, 2.45) is 10.9 Å². The summed E-state index contributed by atoms with van der Waals surface area (Å²) in [5, 5.41) is 11.9. The van der Waals surface area contributed by atoms with E-state index in [2.05, 4.69) is 11.2 Å². The fourth-order valence-corrected chi connectivity index (χ4v) is 4.51. The molecule has 1 amide bonds. The molecule has 2 heterocycles. The number of carbonyl (C=O) groups is 1. The molecular weight excluding hydrogens is 286 g/mol. The quantitative estimate of drug-likeness (QED) is 0.289. The van der Waals surface area contributed by atoms with Gasteiger partial charge in [-0.25, -0.2) is 0 Å².